The molecule has 228 valence electrons. The monoisotopic (exact) mass is 631 g/mol. The van der Waals surface area contributed by atoms with Crippen molar-refractivity contribution in [3.8, 4) is 0 Å². The number of aromatic amines is 1. The topological polar surface area (TPSA) is 175 Å². The highest BCUT2D eigenvalue weighted by atomic mass is 35.5. The summed E-state index contributed by atoms with van der Waals surface area (Å²) in [5, 5.41) is 10.9. The fraction of sp³-hybridized carbons (Fsp3) is 0.739. The van der Waals surface area contributed by atoms with E-state index < -0.39 is 72.7 Å². The Labute approximate surface area is 240 Å². The third-order valence-corrected chi connectivity index (χ3v) is 8.94. The highest BCUT2D eigenvalue weighted by Gasteiger charge is 2.58. The van der Waals surface area contributed by atoms with E-state index in [0.29, 0.717) is 0 Å². The van der Waals surface area contributed by atoms with Crippen molar-refractivity contribution in [2.24, 2.45) is 5.41 Å². The number of halogens is 2. The van der Waals surface area contributed by atoms with Crippen LogP contribution in [0.1, 0.15) is 53.3 Å². The van der Waals surface area contributed by atoms with Gasteiger partial charge in [-0.05, 0) is 27.7 Å². The first-order valence-corrected chi connectivity index (χ1v) is 15.3. The number of carbonyl (C=O) groups is 2. The normalized spacial score (nSPS) is 25.5. The van der Waals surface area contributed by atoms with Gasteiger partial charge >= 0.3 is 19.4 Å². The molecule has 1 aromatic heterocycles. The summed E-state index contributed by atoms with van der Waals surface area (Å²) in [6.45, 7) is 10.0. The summed E-state index contributed by atoms with van der Waals surface area (Å²) in [6, 6.07) is -1.19. The van der Waals surface area contributed by atoms with Gasteiger partial charge in [-0.1, -0.05) is 32.5 Å². The second kappa shape index (κ2) is 13.6. The van der Waals surface area contributed by atoms with Crippen LogP contribution in [0.5, 0.6) is 0 Å². The van der Waals surface area contributed by atoms with Crippen LogP contribution in [0.25, 0.3) is 0 Å². The predicted octanol–water partition coefficient (Wildman–Crippen LogP) is 2.38. The Morgan fingerprint density at radius 3 is 2.52 bits per heavy atom. The summed E-state index contributed by atoms with van der Waals surface area (Å²) in [5.41, 5.74) is -2.15. The first-order chi connectivity index (χ1) is 18.3. The minimum absolute atomic E-state index is 0.0865. The van der Waals surface area contributed by atoms with Crippen LogP contribution in [0.4, 0.5) is 4.39 Å². The van der Waals surface area contributed by atoms with E-state index in [4.69, 9.17) is 30.1 Å². The van der Waals surface area contributed by atoms with E-state index in [-0.39, 0.29) is 23.0 Å². The zero-order valence-electron chi connectivity index (χ0n) is 23.3. The van der Waals surface area contributed by atoms with Gasteiger partial charge in [0, 0.05) is 22.9 Å². The van der Waals surface area contributed by atoms with Crippen LogP contribution in [0.2, 0.25) is 0 Å². The van der Waals surface area contributed by atoms with Crippen LogP contribution in [-0.4, -0.2) is 74.2 Å². The Hall–Kier alpha value is -1.58. The number of ether oxygens (including phenoxy) is 2. The molecule has 2 rings (SSSR count). The average molecular weight is 632 g/mol. The van der Waals surface area contributed by atoms with Crippen LogP contribution in [0, 0.1) is 12.3 Å². The molecule has 0 aromatic carbocycles. The molecule has 13 nitrogen and oxygen atoms in total. The lowest BCUT2D eigenvalue weighted by Gasteiger charge is -2.26. The number of aliphatic hydroxyl groups is 1. The molecular weight excluding hydrogens is 596 g/mol. The summed E-state index contributed by atoms with van der Waals surface area (Å²) in [7, 11) is -4.41. The summed E-state index contributed by atoms with van der Waals surface area (Å²) in [5.74, 6) is -3.96. The Bertz CT molecular complexity index is 1230. The number of nitrogens with one attached hydrogen (secondary N) is 2. The number of esters is 1. The maximum Gasteiger partial charge on any atom is 0.406 e. The molecule has 1 aliphatic rings. The van der Waals surface area contributed by atoms with E-state index >= 15 is 4.39 Å². The molecule has 0 bridgehead atoms. The molecule has 17 heteroatoms. The van der Waals surface area contributed by atoms with Crippen LogP contribution in [0.3, 0.4) is 0 Å². The highest BCUT2D eigenvalue weighted by Crippen LogP contribution is 2.48. The lowest BCUT2D eigenvalue weighted by molar-refractivity contribution is -0.150. The molecule has 6 atom stereocenters. The lowest BCUT2D eigenvalue weighted by Crippen LogP contribution is -2.44. The molecule has 3 N–H and O–H groups in total. The van der Waals surface area contributed by atoms with Gasteiger partial charge < -0.3 is 14.6 Å². The molecule has 1 saturated heterocycles. The zero-order valence-corrected chi connectivity index (χ0v) is 25.7. The van der Waals surface area contributed by atoms with Gasteiger partial charge in [-0.2, -0.15) is 0 Å². The molecule has 6 unspecified atom stereocenters. The average Bonchev–Trinajstić information content (AvgIpc) is 3.05. The Morgan fingerprint density at radius 2 is 1.95 bits per heavy atom. The quantitative estimate of drug-likeness (QED) is 0.133. The van der Waals surface area contributed by atoms with Crippen LogP contribution in [-0.2, 0) is 32.7 Å². The van der Waals surface area contributed by atoms with E-state index in [9.17, 15) is 28.8 Å². The summed E-state index contributed by atoms with van der Waals surface area (Å²) < 4.78 is 50.9. The molecular formula is C23H36ClFN3O10PS. The molecule has 2 heterocycles. The fourth-order valence-corrected chi connectivity index (χ4v) is 5.95. The Kier molecular flexibility index (Phi) is 11.8. The van der Waals surface area contributed by atoms with Crippen molar-refractivity contribution in [3.63, 3.8) is 0 Å². The number of nitrogens with zero attached hydrogens (tertiary/aromatic N) is 1. The number of alkyl halides is 2. The minimum Gasteiger partial charge on any atom is -0.462 e. The van der Waals surface area contributed by atoms with Gasteiger partial charge in [0.2, 0.25) is 0 Å². The van der Waals surface area contributed by atoms with E-state index in [1.165, 1.54) is 13.8 Å². The highest BCUT2D eigenvalue weighted by molar-refractivity contribution is 8.13. The van der Waals surface area contributed by atoms with Crippen molar-refractivity contribution in [2.45, 2.75) is 84.2 Å². The predicted molar refractivity (Wildman–Crippen MR) is 146 cm³/mol. The van der Waals surface area contributed by atoms with Crippen LogP contribution in [0.15, 0.2) is 15.8 Å². The van der Waals surface area contributed by atoms with Crippen molar-refractivity contribution in [2.75, 3.05) is 19.0 Å². The lowest BCUT2D eigenvalue weighted by atomic mass is 10.00. The van der Waals surface area contributed by atoms with Gasteiger partial charge in [0.05, 0.1) is 19.3 Å². The van der Waals surface area contributed by atoms with E-state index in [0.717, 1.165) is 22.5 Å². The SMILES string of the molecule is Cc1cn(C2OC(COP(=O)(NC(C)C(=O)OC(C)C)OCCSC(=O)C(C)(C)C)C(O)(F)C2Cl)c(=O)[nH]c1=O. The molecule has 0 aliphatic carbocycles. The molecule has 1 fully saturated rings. The van der Waals surface area contributed by atoms with Crippen LogP contribution >= 0.6 is 31.1 Å². The van der Waals surface area contributed by atoms with E-state index in [1.54, 1.807) is 34.6 Å². The molecule has 0 amide bonds. The standard InChI is InChI=1S/C23H36ClFN3O10PS/c1-12(2)37-19(30)14(4)27-39(34,35-8-9-40-20(31)22(5,6)7)36-11-15-23(25,33)16(24)18(38-15)28-10-13(3)17(29)26-21(28)32/h10,12,14-16,18,33H,8-9,11H2,1-7H3,(H,27,34)(H,26,29,32). The Morgan fingerprint density at radius 1 is 1.32 bits per heavy atom. The number of thioether (sulfide) groups is 1. The van der Waals surface area contributed by atoms with Gasteiger partial charge in [-0.25, -0.2) is 18.8 Å². The smallest absolute Gasteiger partial charge is 0.406 e. The summed E-state index contributed by atoms with van der Waals surface area (Å²) in [4.78, 5) is 50.4. The van der Waals surface area contributed by atoms with Gasteiger partial charge in [-0.15, -0.1) is 11.6 Å². The number of aromatic nitrogens is 2. The second-order valence-electron chi connectivity index (χ2n) is 10.5. The maximum atomic E-state index is 15.3. The largest absolute Gasteiger partial charge is 0.462 e. The number of H-pyrrole nitrogens is 1. The first-order valence-electron chi connectivity index (χ1n) is 12.4. The van der Waals surface area contributed by atoms with E-state index in [2.05, 4.69) is 5.09 Å². The molecule has 1 aliphatic heterocycles. The molecule has 0 spiro atoms. The molecule has 1 aromatic rings. The minimum atomic E-state index is -4.41. The summed E-state index contributed by atoms with van der Waals surface area (Å²) in [6.07, 6.45) is -2.81. The first kappa shape index (κ1) is 34.6. The van der Waals surface area contributed by atoms with Gasteiger partial charge in [0.1, 0.15) is 17.5 Å². The number of hydrogen-bond acceptors (Lipinski definition) is 11. The second-order valence-corrected chi connectivity index (χ2v) is 13.8. The molecule has 0 radical (unpaired) electrons. The van der Waals surface area contributed by atoms with Crippen LogP contribution < -0.4 is 16.3 Å². The number of hydrogen-bond donors (Lipinski definition) is 3. The van der Waals surface area contributed by atoms with Crippen molar-refractivity contribution in [1.82, 2.24) is 14.6 Å². The van der Waals surface area contributed by atoms with Crippen molar-refractivity contribution < 1.29 is 42.2 Å². The third kappa shape index (κ3) is 8.96. The number of carbonyl (C=O) groups excluding carboxylic acids is 2. The summed E-state index contributed by atoms with van der Waals surface area (Å²) >= 11 is 7.03. The fourth-order valence-electron chi connectivity index (χ4n) is 3.26. The van der Waals surface area contributed by atoms with E-state index in [1.807, 2.05) is 4.98 Å². The van der Waals surface area contributed by atoms with Crippen molar-refractivity contribution in [1.29, 1.82) is 0 Å². The molecule has 0 saturated carbocycles. The third-order valence-electron chi connectivity index (χ3n) is 5.46. The zero-order chi connectivity index (χ0) is 30.6. The number of aryl methyl sites for hydroxylation is 1. The maximum absolute atomic E-state index is 15.3. The van der Waals surface area contributed by atoms with Gasteiger partial charge in [0.25, 0.3) is 11.4 Å². The number of rotatable bonds is 12. The molecule has 40 heavy (non-hydrogen) atoms. The van der Waals surface area contributed by atoms with Gasteiger partial charge in [-0.3, -0.25) is 33.0 Å². The van der Waals surface area contributed by atoms with Crippen molar-refractivity contribution in [3.05, 3.63) is 32.6 Å². The van der Waals surface area contributed by atoms with Crippen molar-refractivity contribution >= 4 is 42.2 Å². The van der Waals surface area contributed by atoms with Gasteiger partial charge in [0.15, 0.2) is 11.3 Å². The Balaban J connectivity index is 2.20.